The van der Waals surface area contributed by atoms with Crippen LogP contribution in [-0.4, -0.2) is 17.3 Å². The van der Waals surface area contributed by atoms with Crippen LogP contribution in [0.1, 0.15) is 30.6 Å². The summed E-state index contributed by atoms with van der Waals surface area (Å²) >= 11 is 11.8. The van der Waals surface area contributed by atoms with Crippen LogP contribution in [0.3, 0.4) is 0 Å². The van der Waals surface area contributed by atoms with Crippen LogP contribution in [-0.2, 0) is 9.59 Å². The number of benzene rings is 1. The molecule has 1 aromatic rings. The van der Waals surface area contributed by atoms with Crippen LogP contribution in [0.4, 0.5) is 0 Å². The van der Waals surface area contributed by atoms with Gasteiger partial charge in [-0.25, -0.2) is 0 Å². The van der Waals surface area contributed by atoms with Crippen LogP contribution >= 0.6 is 23.2 Å². The molecule has 1 aromatic carbocycles. The normalized spacial score (nSPS) is 26.7. The molecule has 0 radical (unpaired) electrons. The van der Waals surface area contributed by atoms with Crippen LogP contribution in [0.15, 0.2) is 18.2 Å². The Bertz CT molecular complexity index is 575. The summed E-state index contributed by atoms with van der Waals surface area (Å²) in [5.41, 5.74) is 0.170. The van der Waals surface area contributed by atoms with Gasteiger partial charge in [-0.05, 0) is 24.6 Å². The Morgan fingerprint density at radius 1 is 1.10 bits per heavy atom. The Labute approximate surface area is 127 Å². The van der Waals surface area contributed by atoms with Crippen LogP contribution in [0, 0.1) is 17.8 Å². The third-order valence-electron chi connectivity index (χ3n) is 3.71. The minimum Gasteiger partial charge on any atom is -0.298 e. The first-order valence-electron chi connectivity index (χ1n) is 6.39. The van der Waals surface area contributed by atoms with E-state index in [1.54, 1.807) is 13.8 Å². The third kappa shape index (κ3) is 2.65. The minimum atomic E-state index is -1.23. The maximum absolute atomic E-state index is 12.5. The van der Waals surface area contributed by atoms with Crippen LogP contribution in [0.25, 0.3) is 0 Å². The van der Waals surface area contributed by atoms with E-state index in [2.05, 4.69) is 0 Å². The van der Waals surface area contributed by atoms with E-state index in [-0.39, 0.29) is 34.0 Å². The average Bonchev–Trinajstić information content (AvgIpc) is 2.36. The topological polar surface area (TPSA) is 51.2 Å². The predicted molar refractivity (Wildman–Crippen MR) is 77.2 cm³/mol. The quantitative estimate of drug-likeness (QED) is 0.619. The van der Waals surface area contributed by atoms with Gasteiger partial charge in [-0.15, -0.1) is 0 Å². The molecule has 0 aliphatic heterocycles. The van der Waals surface area contributed by atoms with Gasteiger partial charge >= 0.3 is 0 Å². The Morgan fingerprint density at radius 3 is 2.15 bits per heavy atom. The number of carbonyl (C=O) groups is 3. The molecule has 0 aromatic heterocycles. The van der Waals surface area contributed by atoms with Crippen molar-refractivity contribution in [1.29, 1.82) is 0 Å². The average molecular weight is 313 g/mol. The molecule has 1 fully saturated rings. The second-order valence-electron chi connectivity index (χ2n) is 5.26. The summed E-state index contributed by atoms with van der Waals surface area (Å²) in [5.74, 6) is -2.97. The van der Waals surface area contributed by atoms with Gasteiger partial charge < -0.3 is 0 Å². The van der Waals surface area contributed by atoms with Gasteiger partial charge in [0.1, 0.15) is 5.92 Å². The molecule has 1 aliphatic rings. The van der Waals surface area contributed by atoms with E-state index in [1.165, 1.54) is 18.2 Å². The fourth-order valence-electron chi connectivity index (χ4n) is 2.58. The highest BCUT2D eigenvalue weighted by atomic mass is 35.5. The first kappa shape index (κ1) is 15.2. The summed E-state index contributed by atoms with van der Waals surface area (Å²) in [7, 11) is 0. The van der Waals surface area contributed by atoms with Gasteiger partial charge in [-0.1, -0.05) is 37.0 Å². The van der Waals surface area contributed by atoms with Gasteiger partial charge in [0, 0.05) is 22.4 Å². The molecule has 2 rings (SSSR count). The monoisotopic (exact) mass is 312 g/mol. The zero-order valence-electron chi connectivity index (χ0n) is 11.2. The maximum atomic E-state index is 12.5. The van der Waals surface area contributed by atoms with Crippen LogP contribution in [0.5, 0.6) is 0 Å². The molecule has 20 heavy (non-hydrogen) atoms. The van der Waals surface area contributed by atoms with Gasteiger partial charge in [0.15, 0.2) is 17.3 Å². The smallest absolute Gasteiger partial charge is 0.182 e. The van der Waals surface area contributed by atoms with Crippen molar-refractivity contribution in [2.45, 2.75) is 20.3 Å². The molecule has 1 saturated carbocycles. The van der Waals surface area contributed by atoms with Crippen molar-refractivity contribution in [3.8, 4) is 0 Å². The highest BCUT2D eigenvalue weighted by Crippen LogP contribution is 2.31. The second-order valence-corrected chi connectivity index (χ2v) is 6.11. The van der Waals surface area contributed by atoms with Crippen molar-refractivity contribution >= 4 is 40.6 Å². The molecule has 2 atom stereocenters. The molecule has 0 heterocycles. The SMILES string of the molecule is CC1CC(C)C(=O)C(C(=O)c2ccc(Cl)cc2Cl)C1=O. The third-order valence-corrected chi connectivity index (χ3v) is 4.25. The van der Waals surface area contributed by atoms with E-state index in [0.717, 1.165) is 0 Å². The Morgan fingerprint density at radius 2 is 1.65 bits per heavy atom. The van der Waals surface area contributed by atoms with Gasteiger partial charge in [0.2, 0.25) is 0 Å². The molecule has 0 spiro atoms. The molecule has 5 heteroatoms. The number of hydrogen-bond acceptors (Lipinski definition) is 3. The molecule has 2 unspecified atom stereocenters. The summed E-state index contributed by atoms with van der Waals surface area (Å²) < 4.78 is 0. The Balaban J connectivity index is 2.40. The number of Topliss-reactive ketones (excluding diaryl/α,β-unsaturated/α-hetero) is 3. The van der Waals surface area contributed by atoms with E-state index >= 15 is 0 Å². The molecule has 1 aliphatic carbocycles. The number of hydrogen-bond donors (Lipinski definition) is 0. The van der Waals surface area contributed by atoms with Crippen molar-refractivity contribution in [2.75, 3.05) is 0 Å². The fourth-order valence-corrected chi connectivity index (χ4v) is 3.08. The van der Waals surface area contributed by atoms with Crippen molar-refractivity contribution in [3.63, 3.8) is 0 Å². The second kappa shape index (κ2) is 5.66. The zero-order valence-corrected chi connectivity index (χ0v) is 12.7. The molecule has 0 bridgehead atoms. The van der Waals surface area contributed by atoms with Gasteiger partial charge in [-0.3, -0.25) is 14.4 Å². The van der Waals surface area contributed by atoms with E-state index in [9.17, 15) is 14.4 Å². The minimum absolute atomic E-state index is 0.161. The summed E-state index contributed by atoms with van der Waals surface area (Å²) in [6.45, 7) is 3.49. The summed E-state index contributed by atoms with van der Waals surface area (Å²) in [5, 5.41) is 0.559. The van der Waals surface area contributed by atoms with Crippen molar-refractivity contribution < 1.29 is 14.4 Å². The van der Waals surface area contributed by atoms with E-state index in [4.69, 9.17) is 23.2 Å². The zero-order chi connectivity index (χ0) is 15.0. The van der Waals surface area contributed by atoms with Crippen LogP contribution < -0.4 is 0 Å². The predicted octanol–water partition coefficient (Wildman–Crippen LogP) is 3.61. The molecule has 0 saturated heterocycles. The van der Waals surface area contributed by atoms with E-state index < -0.39 is 11.7 Å². The Kier molecular flexibility index (Phi) is 4.31. The Hall–Kier alpha value is -1.19. The van der Waals surface area contributed by atoms with Gasteiger partial charge in [-0.2, -0.15) is 0 Å². The molecule has 3 nitrogen and oxygen atoms in total. The maximum Gasteiger partial charge on any atom is 0.182 e. The molecule has 106 valence electrons. The molecular weight excluding hydrogens is 299 g/mol. The lowest BCUT2D eigenvalue weighted by Gasteiger charge is -2.28. The number of rotatable bonds is 2. The van der Waals surface area contributed by atoms with E-state index in [0.29, 0.717) is 11.4 Å². The van der Waals surface area contributed by atoms with Gasteiger partial charge in [0.05, 0.1) is 5.02 Å². The first-order chi connectivity index (χ1) is 9.32. The highest BCUT2D eigenvalue weighted by Gasteiger charge is 2.43. The molecular formula is C15H14Cl2O3. The summed E-state index contributed by atoms with van der Waals surface area (Å²) in [6, 6.07) is 4.41. The standard InChI is InChI=1S/C15H14Cl2O3/c1-7-5-8(2)14(19)12(13(7)18)15(20)10-4-3-9(16)6-11(10)17/h3-4,6-8,12H,5H2,1-2H3. The fraction of sp³-hybridized carbons (Fsp3) is 0.400. The highest BCUT2D eigenvalue weighted by molar-refractivity contribution is 6.38. The van der Waals surface area contributed by atoms with Crippen molar-refractivity contribution in [3.05, 3.63) is 33.8 Å². The van der Waals surface area contributed by atoms with Crippen molar-refractivity contribution in [2.24, 2.45) is 17.8 Å². The lowest BCUT2D eigenvalue weighted by molar-refractivity contribution is -0.139. The molecule has 0 amide bonds. The van der Waals surface area contributed by atoms with Gasteiger partial charge in [0.25, 0.3) is 0 Å². The summed E-state index contributed by atoms with van der Waals surface area (Å²) in [4.78, 5) is 36.8. The lowest BCUT2D eigenvalue weighted by atomic mass is 9.72. The molecule has 0 N–H and O–H groups in total. The number of ketones is 3. The van der Waals surface area contributed by atoms with E-state index in [1.807, 2.05) is 0 Å². The largest absolute Gasteiger partial charge is 0.298 e. The van der Waals surface area contributed by atoms with Crippen molar-refractivity contribution in [1.82, 2.24) is 0 Å². The number of halogens is 2. The number of carbonyl (C=O) groups excluding carboxylic acids is 3. The van der Waals surface area contributed by atoms with Crippen LogP contribution in [0.2, 0.25) is 10.0 Å². The lowest BCUT2D eigenvalue weighted by Crippen LogP contribution is -2.43. The summed E-state index contributed by atoms with van der Waals surface area (Å²) in [6.07, 6.45) is 0.496. The first-order valence-corrected chi connectivity index (χ1v) is 7.15.